The van der Waals surface area contributed by atoms with E-state index in [1.165, 1.54) is 11.1 Å². The number of rotatable bonds is 3. The van der Waals surface area contributed by atoms with Crippen LogP contribution in [0.25, 0.3) is 0 Å². The number of hydrogen-bond donors (Lipinski definition) is 0. The highest BCUT2D eigenvalue weighted by molar-refractivity contribution is 5.94. The Bertz CT molecular complexity index is 812. The molecule has 0 N–H and O–H groups in total. The molecular weight excluding hydrogens is 338 g/mol. The molecule has 1 amide bonds. The Kier molecular flexibility index (Phi) is 4.59. The second-order valence-corrected chi connectivity index (χ2v) is 6.77. The van der Waals surface area contributed by atoms with Crippen molar-refractivity contribution >= 4 is 5.91 Å². The van der Waals surface area contributed by atoms with Crippen molar-refractivity contribution in [3.05, 3.63) is 64.7 Å². The molecule has 0 radical (unpaired) electrons. The zero-order valence-corrected chi connectivity index (χ0v) is 14.4. The van der Waals surface area contributed by atoms with Crippen LogP contribution in [0, 0.1) is 11.6 Å². The quantitative estimate of drug-likeness (QED) is 0.846. The lowest BCUT2D eigenvalue weighted by Crippen LogP contribution is -2.48. The highest BCUT2D eigenvalue weighted by atomic mass is 19.1. The Labute approximate surface area is 151 Å². The largest absolute Gasteiger partial charge is 0.493 e. The van der Waals surface area contributed by atoms with Gasteiger partial charge in [-0.25, -0.2) is 8.78 Å². The van der Waals surface area contributed by atoms with Crippen molar-refractivity contribution in [1.82, 2.24) is 9.80 Å². The van der Waals surface area contributed by atoms with Crippen molar-refractivity contribution in [2.45, 2.75) is 13.0 Å². The summed E-state index contributed by atoms with van der Waals surface area (Å²) in [5, 5.41) is 0. The van der Waals surface area contributed by atoms with Crippen molar-refractivity contribution in [3.63, 3.8) is 0 Å². The van der Waals surface area contributed by atoms with Gasteiger partial charge in [0.05, 0.1) is 6.61 Å². The number of nitrogens with zero attached hydrogens (tertiary/aromatic N) is 2. The molecule has 0 saturated carbocycles. The van der Waals surface area contributed by atoms with Crippen LogP contribution in [0.4, 0.5) is 8.78 Å². The molecule has 0 atom stereocenters. The van der Waals surface area contributed by atoms with E-state index in [1.54, 1.807) is 4.90 Å². The van der Waals surface area contributed by atoms with Gasteiger partial charge in [-0.1, -0.05) is 12.1 Å². The van der Waals surface area contributed by atoms with E-state index < -0.39 is 11.6 Å². The minimum absolute atomic E-state index is 0.0644. The van der Waals surface area contributed by atoms with E-state index in [0.717, 1.165) is 56.6 Å². The Morgan fingerprint density at radius 1 is 1.00 bits per heavy atom. The Morgan fingerprint density at radius 3 is 2.46 bits per heavy atom. The maximum atomic E-state index is 13.3. The first-order valence-electron chi connectivity index (χ1n) is 8.81. The van der Waals surface area contributed by atoms with Crippen LogP contribution in [0.2, 0.25) is 0 Å². The van der Waals surface area contributed by atoms with Crippen LogP contribution in [-0.4, -0.2) is 48.5 Å². The molecule has 0 unspecified atom stereocenters. The van der Waals surface area contributed by atoms with Gasteiger partial charge < -0.3 is 9.64 Å². The van der Waals surface area contributed by atoms with E-state index in [2.05, 4.69) is 17.0 Å². The first-order valence-corrected chi connectivity index (χ1v) is 8.81. The standard InChI is InChI=1S/C20H20F2N2O2/c21-17-10-16(11-18(22)12-17)20(25)24-6-4-23(5-7-24)13-14-1-2-19-15(9-14)3-8-26-19/h1-2,9-12H,3-8,13H2. The normalized spacial score (nSPS) is 17.1. The molecule has 2 aromatic rings. The van der Waals surface area contributed by atoms with Gasteiger partial charge in [0.1, 0.15) is 17.4 Å². The number of ether oxygens (including phenoxy) is 1. The molecule has 6 heteroatoms. The van der Waals surface area contributed by atoms with E-state index in [1.807, 2.05) is 6.07 Å². The number of piperazine rings is 1. The Balaban J connectivity index is 1.36. The second-order valence-electron chi connectivity index (χ2n) is 6.77. The SMILES string of the molecule is O=C(c1cc(F)cc(F)c1)N1CCN(Cc2ccc3c(c2)CCO3)CC1. The third-order valence-electron chi connectivity index (χ3n) is 4.93. The van der Waals surface area contributed by atoms with Crippen LogP contribution in [0.3, 0.4) is 0 Å². The summed E-state index contributed by atoms with van der Waals surface area (Å²) in [6, 6.07) is 9.24. The molecule has 0 spiro atoms. The lowest BCUT2D eigenvalue weighted by atomic mass is 10.1. The van der Waals surface area contributed by atoms with E-state index in [4.69, 9.17) is 4.74 Å². The maximum absolute atomic E-state index is 13.3. The third-order valence-corrected chi connectivity index (χ3v) is 4.93. The van der Waals surface area contributed by atoms with Crippen molar-refractivity contribution in [2.24, 2.45) is 0 Å². The first kappa shape index (κ1) is 17.0. The molecule has 2 heterocycles. The highest BCUT2D eigenvalue weighted by Gasteiger charge is 2.23. The summed E-state index contributed by atoms with van der Waals surface area (Å²) in [4.78, 5) is 16.4. The van der Waals surface area contributed by atoms with Gasteiger partial charge in [0.15, 0.2) is 0 Å². The molecule has 0 aliphatic carbocycles. The number of halogens is 2. The van der Waals surface area contributed by atoms with Crippen LogP contribution in [-0.2, 0) is 13.0 Å². The van der Waals surface area contributed by atoms with Crippen molar-refractivity contribution in [2.75, 3.05) is 32.8 Å². The van der Waals surface area contributed by atoms with E-state index in [9.17, 15) is 13.6 Å². The average molecular weight is 358 g/mol. The fourth-order valence-corrected chi connectivity index (χ4v) is 3.57. The number of hydrogen-bond acceptors (Lipinski definition) is 3. The zero-order valence-electron chi connectivity index (χ0n) is 14.4. The minimum atomic E-state index is -0.729. The monoisotopic (exact) mass is 358 g/mol. The van der Waals surface area contributed by atoms with Gasteiger partial charge in [0.25, 0.3) is 5.91 Å². The van der Waals surface area contributed by atoms with E-state index in [0.29, 0.717) is 13.1 Å². The second kappa shape index (κ2) is 7.03. The van der Waals surface area contributed by atoms with Crippen LogP contribution >= 0.6 is 0 Å². The average Bonchev–Trinajstić information content (AvgIpc) is 3.09. The molecule has 4 rings (SSSR count). The van der Waals surface area contributed by atoms with E-state index >= 15 is 0 Å². The van der Waals surface area contributed by atoms with Crippen LogP contribution in [0.1, 0.15) is 21.5 Å². The summed E-state index contributed by atoms with van der Waals surface area (Å²) in [6.07, 6.45) is 0.954. The summed E-state index contributed by atoms with van der Waals surface area (Å²) >= 11 is 0. The van der Waals surface area contributed by atoms with Gasteiger partial charge in [0.2, 0.25) is 0 Å². The Hall–Kier alpha value is -2.47. The summed E-state index contributed by atoms with van der Waals surface area (Å²) < 4.78 is 32.2. The van der Waals surface area contributed by atoms with Crippen molar-refractivity contribution < 1.29 is 18.3 Å². The lowest BCUT2D eigenvalue weighted by molar-refractivity contribution is 0.0627. The van der Waals surface area contributed by atoms with Gasteiger partial charge in [-0.3, -0.25) is 9.69 Å². The van der Waals surface area contributed by atoms with Crippen molar-refractivity contribution in [1.29, 1.82) is 0 Å². The van der Waals surface area contributed by atoms with Crippen LogP contribution in [0.5, 0.6) is 5.75 Å². The van der Waals surface area contributed by atoms with Crippen LogP contribution < -0.4 is 4.74 Å². The molecule has 26 heavy (non-hydrogen) atoms. The fraction of sp³-hybridized carbons (Fsp3) is 0.350. The summed E-state index contributed by atoms with van der Waals surface area (Å²) in [6.45, 7) is 4.13. The molecule has 0 bridgehead atoms. The minimum Gasteiger partial charge on any atom is -0.493 e. The van der Waals surface area contributed by atoms with Crippen LogP contribution in [0.15, 0.2) is 36.4 Å². The first-order chi connectivity index (χ1) is 12.6. The number of carbonyl (C=O) groups is 1. The molecule has 1 saturated heterocycles. The summed E-state index contributed by atoms with van der Waals surface area (Å²) in [5.74, 6) is -0.802. The third kappa shape index (κ3) is 3.55. The molecule has 1 fully saturated rings. The highest BCUT2D eigenvalue weighted by Crippen LogP contribution is 2.26. The number of amides is 1. The van der Waals surface area contributed by atoms with Gasteiger partial charge in [-0.05, 0) is 29.3 Å². The van der Waals surface area contributed by atoms with Gasteiger partial charge in [0, 0.05) is 50.8 Å². The smallest absolute Gasteiger partial charge is 0.254 e. The number of carbonyl (C=O) groups excluding carboxylic acids is 1. The lowest BCUT2D eigenvalue weighted by Gasteiger charge is -2.34. The molecule has 4 nitrogen and oxygen atoms in total. The summed E-state index contributed by atoms with van der Waals surface area (Å²) in [5.41, 5.74) is 2.56. The Morgan fingerprint density at radius 2 is 1.73 bits per heavy atom. The topological polar surface area (TPSA) is 32.8 Å². The van der Waals surface area contributed by atoms with E-state index in [-0.39, 0.29) is 11.5 Å². The zero-order chi connectivity index (χ0) is 18.1. The van der Waals surface area contributed by atoms with Gasteiger partial charge in [-0.2, -0.15) is 0 Å². The molecule has 2 aromatic carbocycles. The number of fused-ring (bicyclic) bond motifs is 1. The van der Waals surface area contributed by atoms with Gasteiger partial charge >= 0.3 is 0 Å². The van der Waals surface area contributed by atoms with Gasteiger partial charge in [-0.15, -0.1) is 0 Å². The summed E-state index contributed by atoms with van der Waals surface area (Å²) in [7, 11) is 0. The molecule has 2 aliphatic heterocycles. The predicted octanol–water partition coefficient (Wildman–Crippen LogP) is 2.86. The fourth-order valence-electron chi connectivity index (χ4n) is 3.57. The van der Waals surface area contributed by atoms with Crippen molar-refractivity contribution in [3.8, 4) is 5.75 Å². The molecule has 0 aromatic heterocycles. The molecule has 2 aliphatic rings. The number of benzene rings is 2. The predicted molar refractivity (Wildman–Crippen MR) is 93.2 cm³/mol. The molecule has 136 valence electrons. The maximum Gasteiger partial charge on any atom is 0.254 e. The molecular formula is C20H20F2N2O2.